The van der Waals surface area contributed by atoms with E-state index in [0.717, 1.165) is 19.1 Å². The molecule has 0 amide bonds. The second kappa shape index (κ2) is 5.50. The third kappa shape index (κ3) is 3.07. The number of hydrogen-bond donors (Lipinski definition) is 0. The highest BCUT2D eigenvalue weighted by Gasteiger charge is 2.55. The fourth-order valence-corrected chi connectivity index (χ4v) is 3.37. The molecule has 2 heteroatoms. The number of epoxide rings is 1. The standard InChI is InChI=1S/C18H26O2/c1-13-4-6-15(7-5-13)12-19-11-14(2)16-8-9-18(3)17(10-16)20-18/h4-7,14,16-17H,8-12H2,1-3H3/t14?,16-,17-,18+/m0/s1. The molecule has 1 saturated carbocycles. The molecule has 2 fully saturated rings. The Morgan fingerprint density at radius 3 is 2.80 bits per heavy atom. The van der Waals surface area contributed by atoms with Gasteiger partial charge in [0.25, 0.3) is 0 Å². The third-order valence-electron chi connectivity index (χ3n) is 5.14. The molecule has 0 N–H and O–H groups in total. The molecule has 1 unspecified atom stereocenters. The molecular formula is C18H26O2. The van der Waals surface area contributed by atoms with E-state index in [9.17, 15) is 0 Å². The maximum Gasteiger partial charge on any atom is 0.0920 e. The third-order valence-corrected chi connectivity index (χ3v) is 5.14. The Bertz CT molecular complexity index is 453. The van der Waals surface area contributed by atoms with Crippen LogP contribution in [0.3, 0.4) is 0 Å². The van der Waals surface area contributed by atoms with Gasteiger partial charge in [0.1, 0.15) is 0 Å². The molecule has 1 heterocycles. The van der Waals surface area contributed by atoms with Crippen molar-refractivity contribution in [2.45, 2.75) is 58.3 Å². The summed E-state index contributed by atoms with van der Waals surface area (Å²) in [4.78, 5) is 0. The van der Waals surface area contributed by atoms with Crippen molar-refractivity contribution in [2.24, 2.45) is 11.8 Å². The minimum Gasteiger partial charge on any atom is -0.376 e. The zero-order valence-electron chi connectivity index (χ0n) is 12.9. The fourth-order valence-electron chi connectivity index (χ4n) is 3.37. The molecule has 1 aliphatic heterocycles. The lowest BCUT2D eigenvalue weighted by Gasteiger charge is -2.27. The monoisotopic (exact) mass is 274 g/mol. The van der Waals surface area contributed by atoms with Crippen LogP contribution in [-0.2, 0) is 16.1 Å². The van der Waals surface area contributed by atoms with Gasteiger partial charge in [0.05, 0.1) is 18.3 Å². The molecule has 1 aromatic carbocycles. The van der Waals surface area contributed by atoms with Crippen molar-refractivity contribution in [3.8, 4) is 0 Å². The van der Waals surface area contributed by atoms with Crippen LogP contribution in [0, 0.1) is 18.8 Å². The Balaban J connectivity index is 1.41. The van der Waals surface area contributed by atoms with E-state index in [1.807, 2.05) is 0 Å². The predicted octanol–water partition coefficient (Wildman–Crippen LogP) is 4.11. The van der Waals surface area contributed by atoms with Crippen LogP contribution in [0.2, 0.25) is 0 Å². The summed E-state index contributed by atoms with van der Waals surface area (Å²) in [6.45, 7) is 8.29. The van der Waals surface area contributed by atoms with E-state index in [4.69, 9.17) is 9.47 Å². The molecule has 20 heavy (non-hydrogen) atoms. The van der Waals surface area contributed by atoms with Crippen LogP contribution in [0.4, 0.5) is 0 Å². The molecule has 0 aromatic heterocycles. The fraction of sp³-hybridized carbons (Fsp3) is 0.667. The second-order valence-corrected chi connectivity index (χ2v) is 6.93. The first-order valence-electron chi connectivity index (χ1n) is 7.88. The van der Waals surface area contributed by atoms with Crippen molar-refractivity contribution < 1.29 is 9.47 Å². The highest BCUT2D eigenvalue weighted by Crippen LogP contribution is 2.50. The molecule has 3 rings (SSSR count). The summed E-state index contributed by atoms with van der Waals surface area (Å²) in [6.07, 6.45) is 4.28. The van der Waals surface area contributed by atoms with Crippen LogP contribution < -0.4 is 0 Å². The predicted molar refractivity (Wildman–Crippen MR) is 80.6 cm³/mol. The molecule has 110 valence electrons. The quantitative estimate of drug-likeness (QED) is 0.754. The Kier molecular flexibility index (Phi) is 3.87. The van der Waals surface area contributed by atoms with E-state index in [1.165, 1.54) is 30.4 Å². The van der Waals surface area contributed by atoms with Crippen LogP contribution in [-0.4, -0.2) is 18.3 Å². The highest BCUT2D eigenvalue weighted by molar-refractivity contribution is 5.20. The normalized spacial score (nSPS) is 33.5. The van der Waals surface area contributed by atoms with Gasteiger partial charge in [0, 0.05) is 6.61 Å². The Morgan fingerprint density at radius 1 is 1.35 bits per heavy atom. The molecule has 0 radical (unpaired) electrons. The average Bonchev–Trinajstić information content (AvgIpc) is 3.11. The van der Waals surface area contributed by atoms with E-state index in [2.05, 4.69) is 45.0 Å². The van der Waals surface area contributed by atoms with Gasteiger partial charge < -0.3 is 9.47 Å². The molecule has 4 atom stereocenters. The van der Waals surface area contributed by atoms with Crippen LogP contribution in [0.25, 0.3) is 0 Å². The number of hydrogen-bond acceptors (Lipinski definition) is 2. The summed E-state index contributed by atoms with van der Waals surface area (Å²) in [5, 5.41) is 0. The van der Waals surface area contributed by atoms with Gasteiger partial charge >= 0.3 is 0 Å². The minimum absolute atomic E-state index is 0.235. The van der Waals surface area contributed by atoms with Crippen LogP contribution in [0.1, 0.15) is 44.2 Å². The summed E-state index contributed by atoms with van der Waals surface area (Å²) in [7, 11) is 0. The minimum atomic E-state index is 0.235. The molecule has 1 aromatic rings. The summed E-state index contributed by atoms with van der Waals surface area (Å²) in [5.41, 5.74) is 2.81. The van der Waals surface area contributed by atoms with Gasteiger partial charge in [-0.05, 0) is 50.5 Å². The lowest BCUT2D eigenvalue weighted by molar-refractivity contribution is 0.0645. The summed E-state index contributed by atoms with van der Waals surface area (Å²) >= 11 is 0. The number of aryl methyl sites for hydroxylation is 1. The number of fused-ring (bicyclic) bond motifs is 1. The second-order valence-electron chi connectivity index (χ2n) is 6.93. The van der Waals surface area contributed by atoms with Gasteiger partial charge in [-0.25, -0.2) is 0 Å². The van der Waals surface area contributed by atoms with Crippen molar-refractivity contribution in [2.75, 3.05) is 6.61 Å². The molecule has 2 aliphatic rings. The molecule has 0 spiro atoms. The first-order valence-corrected chi connectivity index (χ1v) is 7.88. The van der Waals surface area contributed by atoms with Gasteiger partial charge in [-0.15, -0.1) is 0 Å². The van der Waals surface area contributed by atoms with E-state index in [0.29, 0.717) is 12.0 Å². The molecule has 2 nitrogen and oxygen atoms in total. The van der Waals surface area contributed by atoms with Gasteiger partial charge in [-0.3, -0.25) is 0 Å². The van der Waals surface area contributed by atoms with E-state index in [-0.39, 0.29) is 5.60 Å². The van der Waals surface area contributed by atoms with Crippen molar-refractivity contribution in [1.82, 2.24) is 0 Å². The van der Waals surface area contributed by atoms with E-state index >= 15 is 0 Å². The Labute approximate surface area is 122 Å². The van der Waals surface area contributed by atoms with E-state index in [1.54, 1.807) is 0 Å². The highest BCUT2D eigenvalue weighted by atomic mass is 16.6. The van der Waals surface area contributed by atoms with Crippen LogP contribution in [0.5, 0.6) is 0 Å². The maximum absolute atomic E-state index is 5.91. The average molecular weight is 274 g/mol. The van der Waals surface area contributed by atoms with Crippen LogP contribution in [0.15, 0.2) is 24.3 Å². The zero-order valence-corrected chi connectivity index (χ0v) is 12.9. The van der Waals surface area contributed by atoms with Crippen molar-refractivity contribution in [3.63, 3.8) is 0 Å². The Morgan fingerprint density at radius 2 is 2.10 bits per heavy atom. The van der Waals surface area contributed by atoms with Crippen molar-refractivity contribution in [1.29, 1.82) is 0 Å². The number of rotatable bonds is 5. The largest absolute Gasteiger partial charge is 0.376 e. The SMILES string of the molecule is Cc1ccc(COCC(C)[C@H]2CC[C@@]3(C)O[C@H]3C2)cc1. The maximum atomic E-state index is 5.91. The molecular weight excluding hydrogens is 248 g/mol. The lowest BCUT2D eigenvalue weighted by Crippen LogP contribution is -2.27. The van der Waals surface area contributed by atoms with E-state index < -0.39 is 0 Å². The lowest BCUT2D eigenvalue weighted by atomic mass is 9.77. The summed E-state index contributed by atoms with van der Waals surface area (Å²) in [6, 6.07) is 8.61. The summed E-state index contributed by atoms with van der Waals surface area (Å²) in [5.74, 6) is 1.41. The number of benzene rings is 1. The van der Waals surface area contributed by atoms with Gasteiger partial charge in [0.2, 0.25) is 0 Å². The molecule has 0 bridgehead atoms. The smallest absolute Gasteiger partial charge is 0.0920 e. The first kappa shape index (κ1) is 14.1. The zero-order chi connectivity index (χ0) is 14.2. The van der Waals surface area contributed by atoms with Gasteiger partial charge in [-0.1, -0.05) is 36.8 Å². The van der Waals surface area contributed by atoms with Gasteiger partial charge in [0.15, 0.2) is 0 Å². The summed E-state index contributed by atoms with van der Waals surface area (Å²) < 4.78 is 11.7. The topological polar surface area (TPSA) is 21.8 Å². The van der Waals surface area contributed by atoms with Gasteiger partial charge in [-0.2, -0.15) is 0 Å². The first-order chi connectivity index (χ1) is 9.57. The molecule has 1 aliphatic carbocycles. The van der Waals surface area contributed by atoms with Crippen molar-refractivity contribution >= 4 is 0 Å². The Hall–Kier alpha value is -0.860. The van der Waals surface area contributed by atoms with Crippen molar-refractivity contribution in [3.05, 3.63) is 35.4 Å². The molecule has 1 saturated heterocycles. The number of ether oxygens (including phenoxy) is 2. The van der Waals surface area contributed by atoms with Crippen LogP contribution >= 0.6 is 0 Å².